The van der Waals surface area contributed by atoms with Crippen molar-refractivity contribution in [1.82, 2.24) is 0 Å². The van der Waals surface area contributed by atoms with Gasteiger partial charge in [-0.3, -0.25) is 0 Å². The number of aromatic hydroxyl groups is 1. The Morgan fingerprint density at radius 2 is 2.25 bits per heavy atom. The standard InChI is InChI=1S/C10H13NO/c1-8(7-11)5-9-3-2-4-10(12)6-9/h2-4,6,12H,1,5,7,11H2. The number of hydrogen-bond acceptors (Lipinski definition) is 2. The third-order valence-corrected chi connectivity index (χ3v) is 1.65. The first-order valence-corrected chi connectivity index (χ1v) is 3.87. The lowest BCUT2D eigenvalue weighted by Gasteiger charge is -2.02. The number of rotatable bonds is 3. The average molecular weight is 163 g/mol. The summed E-state index contributed by atoms with van der Waals surface area (Å²) in [6.07, 6.45) is 0.741. The lowest BCUT2D eigenvalue weighted by atomic mass is 10.1. The van der Waals surface area contributed by atoms with Gasteiger partial charge in [0.15, 0.2) is 0 Å². The topological polar surface area (TPSA) is 46.2 Å². The highest BCUT2D eigenvalue weighted by atomic mass is 16.3. The predicted molar refractivity (Wildman–Crippen MR) is 50.0 cm³/mol. The van der Waals surface area contributed by atoms with Crippen molar-refractivity contribution in [2.75, 3.05) is 6.54 Å². The third-order valence-electron chi connectivity index (χ3n) is 1.65. The van der Waals surface area contributed by atoms with Crippen LogP contribution in [-0.4, -0.2) is 11.7 Å². The Bertz CT molecular complexity index is 281. The molecular formula is C10H13NO. The van der Waals surface area contributed by atoms with E-state index in [-0.39, 0.29) is 5.75 Å². The molecule has 0 heterocycles. The molecule has 0 aliphatic carbocycles. The molecule has 3 N–H and O–H groups in total. The molecular weight excluding hydrogens is 150 g/mol. The molecule has 1 aromatic carbocycles. The van der Waals surface area contributed by atoms with Crippen LogP contribution in [0.1, 0.15) is 5.56 Å². The molecule has 1 aromatic rings. The summed E-state index contributed by atoms with van der Waals surface area (Å²) in [7, 11) is 0. The van der Waals surface area contributed by atoms with Gasteiger partial charge in [0.25, 0.3) is 0 Å². The van der Waals surface area contributed by atoms with Gasteiger partial charge in [-0.25, -0.2) is 0 Å². The zero-order chi connectivity index (χ0) is 8.97. The summed E-state index contributed by atoms with van der Waals surface area (Å²) in [5.41, 5.74) is 7.42. The number of hydrogen-bond donors (Lipinski definition) is 2. The zero-order valence-electron chi connectivity index (χ0n) is 6.96. The Kier molecular flexibility index (Phi) is 2.88. The Hall–Kier alpha value is -1.28. The predicted octanol–water partition coefficient (Wildman–Crippen LogP) is 1.45. The number of benzene rings is 1. The van der Waals surface area contributed by atoms with E-state index in [4.69, 9.17) is 10.8 Å². The van der Waals surface area contributed by atoms with Gasteiger partial charge in [0.2, 0.25) is 0 Å². The van der Waals surface area contributed by atoms with E-state index in [9.17, 15) is 0 Å². The van der Waals surface area contributed by atoms with Crippen molar-refractivity contribution < 1.29 is 5.11 Å². The van der Waals surface area contributed by atoms with Crippen LogP contribution in [-0.2, 0) is 6.42 Å². The molecule has 12 heavy (non-hydrogen) atoms. The molecule has 2 nitrogen and oxygen atoms in total. The molecule has 0 saturated carbocycles. The fraction of sp³-hybridized carbons (Fsp3) is 0.200. The van der Waals surface area contributed by atoms with E-state index in [0.29, 0.717) is 6.54 Å². The highest BCUT2D eigenvalue weighted by molar-refractivity contribution is 5.29. The summed E-state index contributed by atoms with van der Waals surface area (Å²) in [6, 6.07) is 7.13. The molecule has 0 aliphatic heterocycles. The third kappa shape index (κ3) is 2.40. The summed E-state index contributed by atoms with van der Waals surface area (Å²) in [6.45, 7) is 4.29. The van der Waals surface area contributed by atoms with Crippen molar-refractivity contribution in [3.63, 3.8) is 0 Å². The number of phenols is 1. The molecule has 0 amide bonds. The van der Waals surface area contributed by atoms with Crippen molar-refractivity contribution in [1.29, 1.82) is 0 Å². The Morgan fingerprint density at radius 1 is 1.50 bits per heavy atom. The Balaban J connectivity index is 2.69. The zero-order valence-corrected chi connectivity index (χ0v) is 6.96. The second-order valence-electron chi connectivity index (χ2n) is 2.80. The van der Waals surface area contributed by atoms with Crippen molar-refractivity contribution in [3.8, 4) is 5.75 Å². The maximum atomic E-state index is 9.14. The largest absolute Gasteiger partial charge is 0.508 e. The molecule has 0 atom stereocenters. The van der Waals surface area contributed by atoms with E-state index in [1.807, 2.05) is 12.1 Å². The summed E-state index contributed by atoms with van der Waals surface area (Å²) in [5, 5.41) is 9.14. The summed E-state index contributed by atoms with van der Waals surface area (Å²) < 4.78 is 0. The van der Waals surface area contributed by atoms with Gasteiger partial charge in [0.05, 0.1) is 0 Å². The van der Waals surface area contributed by atoms with Gasteiger partial charge in [-0.2, -0.15) is 0 Å². The van der Waals surface area contributed by atoms with Gasteiger partial charge in [-0.15, -0.1) is 0 Å². The van der Waals surface area contributed by atoms with E-state index < -0.39 is 0 Å². The first-order valence-electron chi connectivity index (χ1n) is 3.87. The monoisotopic (exact) mass is 163 g/mol. The van der Waals surface area contributed by atoms with Crippen LogP contribution in [0.5, 0.6) is 5.75 Å². The second-order valence-corrected chi connectivity index (χ2v) is 2.80. The summed E-state index contributed by atoms with van der Waals surface area (Å²) in [5.74, 6) is 0.289. The molecule has 64 valence electrons. The van der Waals surface area contributed by atoms with Crippen LogP contribution < -0.4 is 5.73 Å². The van der Waals surface area contributed by atoms with E-state index in [0.717, 1.165) is 17.6 Å². The van der Waals surface area contributed by atoms with Crippen LogP contribution in [0, 0.1) is 0 Å². The summed E-state index contributed by atoms with van der Waals surface area (Å²) >= 11 is 0. The van der Waals surface area contributed by atoms with Crippen LogP contribution >= 0.6 is 0 Å². The second kappa shape index (κ2) is 3.93. The Morgan fingerprint density at radius 3 is 2.83 bits per heavy atom. The number of phenolic OH excluding ortho intramolecular Hbond substituents is 1. The smallest absolute Gasteiger partial charge is 0.115 e. The highest BCUT2D eigenvalue weighted by Crippen LogP contribution is 2.13. The van der Waals surface area contributed by atoms with Crippen LogP contribution in [0.4, 0.5) is 0 Å². The lowest BCUT2D eigenvalue weighted by Crippen LogP contribution is -2.04. The van der Waals surface area contributed by atoms with Crippen molar-refractivity contribution in [3.05, 3.63) is 42.0 Å². The van der Waals surface area contributed by atoms with E-state index in [1.165, 1.54) is 0 Å². The average Bonchev–Trinajstić information content (AvgIpc) is 2.04. The molecule has 0 bridgehead atoms. The molecule has 1 rings (SSSR count). The minimum absolute atomic E-state index is 0.289. The first-order chi connectivity index (χ1) is 5.72. The van der Waals surface area contributed by atoms with E-state index in [2.05, 4.69) is 6.58 Å². The van der Waals surface area contributed by atoms with Crippen LogP contribution in [0.3, 0.4) is 0 Å². The van der Waals surface area contributed by atoms with E-state index >= 15 is 0 Å². The fourth-order valence-electron chi connectivity index (χ4n) is 1.03. The van der Waals surface area contributed by atoms with Crippen LogP contribution in [0.25, 0.3) is 0 Å². The summed E-state index contributed by atoms with van der Waals surface area (Å²) in [4.78, 5) is 0. The number of nitrogens with two attached hydrogens (primary N) is 1. The van der Waals surface area contributed by atoms with Crippen molar-refractivity contribution in [2.24, 2.45) is 5.73 Å². The Labute approximate surface area is 72.3 Å². The fourth-order valence-corrected chi connectivity index (χ4v) is 1.03. The van der Waals surface area contributed by atoms with Crippen molar-refractivity contribution in [2.45, 2.75) is 6.42 Å². The maximum absolute atomic E-state index is 9.14. The minimum atomic E-state index is 0.289. The van der Waals surface area contributed by atoms with Gasteiger partial charge in [-0.1, -0.05) is 24.3 Å². The normalized spacial score (nSPS) is 9.75. The van der Waals surface area contributed by atoms with Gasteiger partial charge >= 0.3 is 0 Å². The molecule has 0 spiro atoms. The maximum Gasteiger partial charge on any atom is 0.115 e. The highest BCUT2D eigenvalue weighted by Gasteiger charge is 1.95. The molecule has 0 saturated heterocycles. The SMILES string of the molecule is C=C(CN)Cc1cccc(O)c1. The van der Waals surface area contributed by atoms with E-state index in [1.54, 1.807) is 12.1 Å². The van der Waals surface area contributed by atoms with Gasteiger partial charge in [0.1, 0.15) is 5.75 Å². The molecule has 0 unspecified atom stereocenters. The van der Waals surface area contributed by atoms with Crippen LogP contribution in [0.15, 0.2) is 36.4 Å². The molecule has 0 aromatic heterocycles. The molecule has 0 fully saturated rings. The van der Waals surface area contributed by atoms with Gasteiger partial charge in [-0.05, 0) is 24.1 Å². The molecule has 2 heteroatoms. The first kappa shape index (κ1) is 8.81. The van der Waals surface area contributed by atoms with Gasteiger partial charge in [0, 0.05) is 6.54 Å². The molecule has 0 aliphatic rings. The van der Waals surface area contributed by atoms with Crippen LogP contribution in [0.2, 0.25) is 0 Å². The lowest BCUT2D eigenvalue weighted by molar-refractivity contribution is 0.474. The molecule has 0 radical (unpaired) electrons. The van der Waals surface area contributed by atoms with Crippen molar-refractivity contribution >= 4 is 0 Å². The quantitative estimate of drug-likeness (QED) is 0.662. The van der Waals surface area contributed by atoms with Gasteiger partial charge < -0.3 is 10.8 Å². The minimum Gasteiger partial charge on any atom is -0.508 e.